The molecule has 3 nitrogen and oxygen atoms in total. The zero-order valence-electron chi connectivity index (χ0n) is 13.6. The van der Waals surface area contributed by atoms with Crippen molar-refractivity contribution in [3.05, 3.63) is 60.7 Å². The van der Waals surface area contributed by atoms with Crippen molar-refractivity contribution in [2.75, 3.05) is 0 Å². The van der Waals surface area contributed by atoms with Gasteiger partial charge in [0.25, 0.3) is 0 Å². The highest BCUT2D eigenvalue weighted by atomic mass is 28.5. The summed E-state index contributed by atoms with van der Waals surface area (Å²) in [5.74, 6) is 0. The smallest absolute Gasteiger partial charge is 0.388 e. The van der Waals surface area contributed by atoms with Gasteiger partial charge in [-0.3, -0.25) is 0 Å². The Kier molecular flexibility index (Phi) is 4.00. The van der Waals surface area contributed by atoms with Gasteiger partial charge < -0.3 is 12.9 Å². The van der Waals surface area contributed by atoms with Gasteiger partial charge in [0.15, 0.2) is 0 Å². The molecule has 6 heteroatoms. The van der Waals surface area contributed by atoms with Gasteiger partial charge in [-0.25, -0.2) is 0 Å². The monoisotopic (exact) mass is 345 g/mol. The fourth-order valence-corrected chi connectivity index (χ4v) is 20.1. The maximum absolute atomic E-state index is 6.75. The summed E-state index contributed by atoms with van der Waals surface area (Å²) in [7, 11) is -6.60. The molecule has 0 radical (unpaired) electrons. The van der Waals surface area contributed by atoms with Crippen LogP contribution in [0.2, 0.25) is 26.2 Å². The summed E-state index contributed by atoms with van der Waals surface area (Å²) in [5, 5.41) is 2.40. The van der Waals surface area contributed by atoms with Gasteiger partial charge in [-0.1, -0.05) is 60.7 Å². The van der Waals surface area contributed by atoms with E-state index < -0.39 is 25.5 Å². The molecule has 1 N–H and O–H groups in total. The van der Waals surface area contributed by atoms with E-state index in [4.69, 9.17) is 8.23 Å². The Hall–Kier alpha value is -1.03. The number of hydrogen-bond donors (Lipinski definition) is 1. The van der Waals surface area contributed by atoms with E-state index in [0.717, 1.165) is 0 Å². The van der Waals surface area contributed by atoms with Crippen molar-refractivity contribution in [2.24, 2.45) is 0 Å². The minimum Gasteiger partial charge on any atom is -0.418 e. The van der Waals surface area contributed by atoms with Crippen molar-refractivity contribution in [1.29, 1.82) is 0 Å². The lowest BCUT2D eigenvalue weighted by Gasteiger charge is -2.50. The van der Waals surface area contributed by atoms with Gasteiger partial charge in [0.2, 0.25) is 17.0 Å². The minimum atomic E-state index is -2.64. The first-order valence-corrected chi connectivity index (χ1v) is 15.3. The van der Waals surface area contributed by atoms with Crippen LogP contribution in [-0.4, -0.2) is 25.5 Å². The standard InChI is InChI=1S/C16H23NO2Si3/c1-20(2)17-21(3,4)19-22(18-20,15-11-7-5-8-12-15)16-13-9-6-10-14-16/h5-14,17H,1-4H3. The number of hydrogen-bond acceptors (Lipinski definition) is 3. The van der Waals surface area contributed by atoms with Gasteiger partial charge in [0, 0.05) is 0 Å². The molecule has 0 spiro atoms. The largest absolute Gasteiger partial charge is 0.418 e. The topological polar surface area (TPSA) is 30.5 Å². The lowest BCUT2D eigenvalue weighted by Crippen LogP contribution is -2.81. The van der Waals surface area contributed by atoms with Crippen molar-refractivity contribution >= 4 is 35.9 Å². The van der Waals surface area contributed by atoms with Crippen molar-refractivity contribution in [1.82, 2.24) is 4.65 Å². The Labute approximate surface area is 136 Å². The average molecular weight is 346 g/mol. The van der Waals surface area contributed by atoms with E-state index in [9.17, 15) is 0 Å². The Morgan fingerprint density at radius 3 is 1.36 bits per heavy atom. The first-order valence-electron chi connectivity index (χ1n) is 7.64. The van der Waals surface area contributed by atoms with E-state index in [1.54, 1.807) is 0 Å². The highest BCUT2D eigenvalue weighted by Gasteiger charge is 2.56. The maximum Gasteiger partial charge on any atom is 0.388 e. The molecule has 2 aromatic rings. The molecular formula is C16H23NO2Si3. The Morgan fingerprint density at radius 2 is 1.00 bits per heavy atom. The molecule has 1 aliphatic heterocycles. The van der Waals surface area contributed by atoms with Gasteiger partial charge >= 0.3 is 8.56 Å². The molecular weight excluding hydrogens is 322 g/mol. The Balaban J connectivity index is 2.20. The van der Waals surface area contributed by atoms with Crippen molar-refractivity contribution < 1.29 is 8.23 Å². The van der Waals surface area contributed by atoms with Crippen LogP contribution in [0, 0.1) is 0 Å². The van der Waals surface area contributed by atoms with Crippen molar-refractivity contribution in [3.63, 3.8) is 0 Å². The second-order valence-electron chi connectivity index (χ2n) is 6.70. The molecule has 1 saturated heterocycles. The lowest BCUT2D eigenvalue weighted by atomic mass is 10.4. The van der Waals surface area contributed by atoms with E-state index in [-0.39, 0.29) is 0 Å². The van der Waals surface area contributed by atoms with Gasteiger partial charge in [-0.2, -0.15) is 0 Å². The molecule has 0 unspecified atom stereocenters. The molecule has 116 valence electrons. The van der Waals surface area contributed by atoms with Crippen LogP contribution in [0.25, 0.3) is 0 Å². The molecule has 0 saturated carbocycles. The fourth-order valence-electron chi connectivity index (χ4n) is 3.23. The van der Waals surface area contributed by atoms with Crippen LogP contribution in [0.5, 0.6) is 0 Å². The normalized spacial score (nSPS) is 22.2. The van der Waals surface area contributed by atoms with Gasteiger partial charge in [-0.05, 0) is 36.6 Å². The summed E-state index contributed by atoms with van der Waals surface area (Å²) < 4.78 is 17.2. The van der Waals surface area contributed by atoms with Crippen LogP contribution in [0.4, 0.5) is 0 Å². The third-order valence-corrected chi connectivity index (χ3v) is 17.1. The third-order valence-electron chi connectivity index (χ3n) is 3.71. The van der Waals surface area contributed by atoms with E-state index >= 15 is 0 Å². The van der Waals surface area contributed by atoms with Crippen LogP contribution in [0.3, 0.4) is 0 Å². The van der Waals surface area contributed by atoms with E-state index in [1.807, 2.05) is 12.1 Å². The first-order chi connectivity index (χ1) is 10.3. The molecule has 0 aliphatic carbocycles. The van der Waals surface area contributed by atoms with Crippen molar-refractivity contribution in [2.45, 2.75) is 26.2 Å². The summed E-state index contributed by atoms with van der Waals surface area (Å²) in [6, 6.07) is 21.0. The molecule has 2 aromatic carbocycles. The van der Waals surface area contributed by atoms with E-state index in [1.165, 1.54) is 10.4 Å². The average Bonchev–Trinajstić information content (AvgIpc) is 2.46. The summed E-state index contributed by atoms with van der Waals surface area (Å²) in [6.07, 6.45) is 0. The quantitative estimate of drug-likeness (QED) is 0.847. The van der Waals surface area contributed by atoms with Crippen LogP contribution in [0.15, 0.2) is 60.7 Å². The van der Waals surface area contributed by atoms with Crippen LogP contribution >= 0.6 is 0 Å². The molecule has 1 heterocycles. The molecule has 22 heavy (non-hydrogen) atoms. The number of rotatable bonds is 2. The van der Waals surface area contributed by atoms with E-state index in [2.05, 4.69) is 79.4 Å². The molecule has 3 rings (SSSR count). The Morgan fingerprint density at radius 1 is 0.636 bits per heavy atom. The Bertz CT molecular complexity index is 589. The zero-order chi connectivity index (χ0) is 15.8. The molecule has 0 bridgehead atoms. The highest BCUT2D eigenvalue weighted by molar-refractivity contribution is 7.06. The molecule has 0 aromatic heterocycles. The number of benzene rings is 2. The lowest BCUT2D eigenvalue weighted by molar-refractivity contribution is 0.373. The summed E-state index contributed by atoms with van der Waals surface area (Å²) >= 11 is 0. The van der Waals surface area contributed by atoms with Gasteiger partial charge in [0.05, 0.1) is 0 Å². The van der Waals surface area contributed by atoms with Crippen LogP contribution in [-0.2, 0) is 8.23 Å². The highest BCUT2D eigenvalue weighted by Crippen LogP contribution is 2.25. The number of nitrogens with one attached hydrogen (secondary N) is 1. The second-order valence-corrected chi connectivity index (χ2v) is 17.8. The summed E-state index contributed by atoms with van der Waals surface area (Å²) in [4.78, 5) is 0. The molecule has 1 aliphatic rings. The third kappa shape index (κ3) is 3.03. The van der Waals surface area contributed by atoms with Gasteiger partial charge in [0.1, 0.15) is 0 Å². The molecule has 0 atom stereocenters. The summed E-state index contributed by atoms with van der Waals surface area (Å²) in [5.41, 5.74) is 0. The van der Waals surface area contributed by atoms with Crippen LogP contribution < -0.4 is 15.0 Å². The zero-order valence-corrected chi connectivity index (χ0v) is 16.6. The van der Waals surface area contributed by atoms with E-state index in [0.29, 0.717) is 0 Å². The molecule has 1 fully saturated rings. The second kappa shape index (κ2) is 5.55. The van der Waals surface area contributed by atoms with Crippen LogP contribution in [0.1, 0.15) is 0 Å². The predicted octanol–water partition coefficient (Wildman–Crippen LogP) is 2.28. The predicted molar refractivity (Wildman–Crippen MR) is 98.2 cm³/mol. The SMILES string of the molecule is C[Si]1(C)N[Si](C)(C)O[Si](c2ccccc2)(c2ccccc2)O1. The fraction of sp³-hybridized carbons (Fsp3) is 0.250. The summed E-state index contributed by atoms with van der Waals surface area (Å²) in [6.45, 7) is 8.94. The maximum atomic E-state index is 6.75. The minimum absolute atomic E-state index is 1.20. The first kappa shape index (κ1) is 15.9. The van der Waals surface area contributed by atoms with Crippen molar-refractivity contribution in [3.8, 4) is 0 Å². The van der Waals surface area contributed by atoms with Gasteiger partial charge in [-0.15, -0.1) is 0 Å². The molecule has 0 amide bonds.